The maximum atomic E-state index is 6.30. The molecule has 3 heteroatoms. The second kappa shape index (κ2) is 5.29. The van der Waals surface area contributed by atoms with Crippen molar-refractivity contribution in [3.05, 3.63) is 65.5 Å². The van der Waals surface area contributed by atoms with E-state index in [2.05, 4.69) is 58.9 Å². The lowest BCUT2D eigenvalue weighted by molar-refractivity contribution is 0.742. The van der Waals surface area contributed by atoms with Crippen molar-refractivity contribution in [2.45, 2.75) is 25.8 Å². The standard InChI is InChI=1S/C17H17ClN2/c1-12-8-9-15-16(10-12)20(17(19-15)13(2)18)11-14-6-4-3-5-7-14/h3-10,13H,11H2,1-2H3. The molecule has 0 fully saturated rings. The highest BCUT2D eigenvalue weighted by molar-refractivity contribution is 6.20. The first kappa shape index (κ1) is 13.2. The van der Waals surface area contributed by atoms with Crippen LogP contribution in [0.5, 0.6) is 0 Å². The number of fused-ring (bicyclic) bond motifs is 1. The van der Waals surface area contributed by atoms with Gasteiger partial charge < -0.3 is 4.57 Å². The predicted octanol–water partition coefficient (Wildman–Crippen LogP) is 4.69. The van der Waals surface area contributed by atoms with Crippen molar-refractivity contribution < 1.29 is 0 Å². The molecule has 1 atom stereocenters. The van der Waals surface area contributed by atoms with Crippen LogP contribution in [-0.4, -0.2) is 9.55 Å². The van der Waals surface area contributed by atoms with E-state index in [1.807, 2.05) is 13.0 Å². The van der Waals surface area contributed by atoms with Gasteiger partial charge in [-0.2, -0.15) is 0 Å². The Morgan fingerprint density at radius 2 is 1.90 bits per heavy atom. The minimum atomic E-state index is -0.105. The fourth-order valence-electron chi connectivity index (χ4n) is 2.49. The van der Waals surface area contributed by atoms with Crippen molar-refractivity contribution in [2.75, 3.05) is 0 Å². The van der Waals surface area contributed by atoms with Crippen molar-refractivity contribution in [3.8, 4) is 0 Å². The van der Waals surface area contributed by atoms with Crippen LogP contribution in [0.4, 0.5) is 0 Å². The van der Waals surface area contributed by atoms with E-state index in [1.165, 1.54) is 11.1 Å². The molecule has 2 nitrogen and oxygen atoms in total. The molecule has 0 aliphatic rings. The lowest BCUT2D eigenvalue weighted by Gasteiger charge is -2.11. The summed E-state index contributed by atoms with van der Waals surface area (Å²) in [6.45, 7) is 4.87. The Labute approximate surface area is 124 Å². The Balaban J connectivity index is 2.15. The van der Waals surface area contributed by atoms with Gasteiger partial charge in [-0.05, 0) is 37.1 Å². The first-order chi connectivity index (χ1) is 9.65. The Kier molecular flexibility index (Phi) is 3.49. The molecule has 3 aromatic rings. The number of aryl methyl sites for hydroxylation is 1. The monoisotopic (exact) mass is 284 g/mol. The van der Waals surface area contributed by atoms with Crippen LogP contribution in [0.15, 0.2) is 48.5 Å². The van der Waals surface area contributed by atoms with Gasteiger partial charge in [0, 0.05) is 6.54 Å². The summed E-state index contributed by atoms with van der Waals surface area (Å²) in [5.74, 6) is 0.927. The van der Waals surface area contributed by atoms with Crippen molar-refractivity contribution in [2.24, 2.45) is 0 Å². The molecule has 2 aromatic carbocycles. The summed E-state index contributed by atoms with van der Waals surface area (Å²) in [5.41, 5.74) is 4.65. The molecule has 20 heavy (non-hydrogen) atoms. The van der Waals surface area contributed by atoms with Gasteiger partial charge in [0.05, 0.1) is 16.4 Å². The Bertz CT molecular complexity index is 729. The van der Waals surface area contributed by atoms with Gasteiger partial charge in [-0.3, -0.25) is 0 Å². The van der Waals surface area contributed by atoms with E-state index in [0.29, 0.717) is 0 Å². The summed E-state index contributed by atoms with van der Waals surface area (Å²) < 4.78 is 2.22. The van der Waals surface area contributed by atoms with E-state index in [0.717, 1.165) is 23.4 Å². The van der Waals surface area contributed by atoms with Gasteiger partial charge in [0.1, 0.15) is 5.82 Å². The summed E-state index contributed by atoms with van der Waals surface area (Å²) in [4.78, 5) is 4.68. The summed E-state index contributed by atoms with van der Waals surface area (Å²) in [6.07, 6.45) is 0. The van der Waals surface area contributed by atoms with E-state index in [4.69, 9.17) is 11.6 Å². The molecule has 0 spiro atoms. The number of halogens is 1. The summed E-state index contributed by atoms with van der Waals surface area (Å²) in [7, 11) is 0. The smallest absolute Gasteiger partial charge is 0.128 e. The van der Waals surface area contributed by atoms with Crippen LogP contribution < -0.4 is 0 Å². The fraction of sp³-hybridized carbons (Fsp3) is 0.235. The third-order valence-corrected chi connectivity index (χ3v) is 3.67. The largest absolute Gasteiger partial charge is 0.322 e. The number of hydrogen-bond donors (Lipinski definition) is 0. The first-order valence-electron chi connectivity index (χ1n) is 6.80. The molecule has 1 heterocycles. The van der Waals surface area contributed by atoms with E-state index in [-0.39, 0.29) is 5.38 Å². The topological polar surface area (TPSA) is 17.8 Å². The molecule has 102 valence electrons. The highest BCUT2D eigenvalue weighted by atomic mass is 35.5. The molecule has 1 unspecified atom stereocenters. The van der Waals surface area contributed by atoms with Crippen molar-refractivity contribution in [3.63, 3.8) is 0 Å². The molecule has 1 aromatic heterocycles. The lowest BCUT2D eigenvalue weighted by Crippen LogP contribution is -2.05. The number of hydrogen-bond acceptors (Lipinski definition) is 1. The van der Waals surface area contributed by atoms with Crippen molar-refractivity contribution in [1.82, 2.24) is 9.55 Å². The van der Waals surface area contributed by atoms with E-state index in [9.17, 15) is 0 Å². The molecular weight excluding hydrogens is 268 g/mol. The highest BCUT2D eigenvalue weighted by Gasteiger charge is 2.15. The fourth-order valence-corrected chi connectivity index (χ4v) is 2.65. The second-order valence-electron chi connectivity index (χ2n) is 5.15. The van der Waals surface area contributed by atoms with Gasteiger partial charge >= 0.3 is 0 Å². The molecular formula is C17H17ClN2. The maximum absolute atomic E-state index is 6.30. The maximum Gasteiger partial charge on any atom is 0.128 e. The summed E-state index contributed by atoms with van der Waals surface area (Å²) >= 11 is 6.30. The van der Waals surface area contributed by atoms with E-state index < -0.39 is 0 Å². The number of benzene rings is 2. The van der Waals surface area contributed by atoms with Crippen LogP contribution in [-0.2, 0) is 6.54 Å². The van der Waals surface area contributed by atoms with Gasteiger partial charge in [-0.25, -0.2) is 4.98 Å². The SMILES string of the molecule is Cc1ccc2nc(C(C)Cl)n(Cc3ccccc3)c2c1. The van der Waals surface area contributed by atoms with Gasteiger partial charge in [0.15, 0.2) is 0 Å². The first-order valence-corrected chi connectivity index (χ1v) is 7.23. The Morgan fingerprint density at radius 3 is 2.60 bits per heavy atom. The van der Waals surface area contributed by atoms with Crippen LogP contribution in [0.2, 0.25) is 0 Å². The minimum absolute atomic E-state index is 0.105. The number of aromatic nitrogens is 2. The van der Waals surface area contributed by atoms with Crippen LogP contribution in [0, 0.1) is 6.92 Å². The van der Waals surface area contributed by atoms with Crippen LogP contribution in [0.1, 0.15) is 29.3 Å². The zero-order valence-corrected chi connectivity index (χ0v) is 12.4. The van der Waals surface area contributed by atoms with Gasteiger partial charge in [0.25, 0.3) is 0 Å². The van der Waals surface area contributed by atoms with Crippen LogP contribution in [0.3, 0.4) is 0 Å². The average molecular weight is 285 g/mol. The third kappa shape index (κ3) is 2.44. The lowest BCUT2D eigenvalue weighted by atomic mass is 10.2. The van der Waals surface area contributed by atoms with Crippen molar-refractivity contribution >= 4 is 22.6 Å². The Morgan fingerprint density at radius 1 is 1.15 bits per heavy atom. The number of imidazole rings is 1. The van der Waals surface area contributed by atoms with E-state index in [1.54, 1.807) is 0 Å². The zero-order valence-electron chi connectivity index (χ0n) is 11.7. The summed E-state index contributed by atoms with van der Waals surface area (Å²) in [5, 5.41) is -0.105. The molecule has 0 N–H and O–H groups in total. The molecule has 0 saturated heterocycles. The molecule has 0 bridgehead atoms. The average Bonchev–Trinajstić information content (AvgIpc) is 2.78. The normalized spacial score (nSPS) is 12.8. The molecule has 3 rings (SSSR count). The van der Waals surface area contributed by atoms with Gasteiger partial charge in [0.2, 0.25) is 0 Å². The highest BCUT2D eigenvalue weighted by Crippen LogP contribution is 2.26. The van der Waals surface area contributed by atoms with Crippen LogP contribution in [0.25, 0.3) is 11.0 Å². The Hall–Kier alpha value is -1.80. The predicted molar refractivity (Wildman–Crippen MR) is 84.3 cm³/mol. The van der Waals surface area contributed by atoms with Gasteiger partial charge in [-0.15, -0.1) is 11.6 Å². The number of nitrogens with zero attached hydrogens (tertiary/aromatic N) is 2. The second-order valence-corrected chi connectivity index (χ2v) is 5.80. The zero-order chi connectivity index (χ0) is 14.1. The van der Waals surface area contributed by atoms with Crippen LogP contribution >= 0.6 is 11.6 Å². The quantitative estimate of drug-likeness (QED) is 0.638. The molecule has 0 saturated carbocycles. The van der Waals surface area contributed by atoms with E-state index >= 15 is 0 Å². The number of rotatable bonds is 3. The number of alkyl halides is 1. The van der Waals surface area contributed by atoms with Crippen molar-refractivity contribution in [1.29, 1.82) is 0 Å². The molecule has 0 radical (unpaired) electrons. The molecule has 0 amide bonds. The molecule has 0 aliphatic heterocycles. The van der Waals surface area contributed by atoms with Gasteiger partial charge in [-0.1, -0.05) is 36.4 Å². The molecule has 0 aliphatic carbocycles. The third-order valence-electron chi connectivity index (χ3n) is 3.47. The summed E-state index contributed by atoms with van der Waals surface area (Å²) in [6, 6.07) is 16.7. The minimum Gasteiger partial charge on any atom is -0.322 e.